The topological polar surface area (TPSA) is 92.7 Å². The molecule has 0 aliphatic carbocycles. The second-order valence-electron chi connectivity index (χ2n) is 6.61. The standard InChI is InChI=1S/C19H24N6O3S/c26-16(24-6-10-27-11-7-24)14-29-19-22-17(20-15-4-2-1-3-5-15)21-18(23-19)25-8-12-28-13-9-25/h1-5H,6-14H2,(H,20,21,22,23). The minimum absolute atomic E-state index is 0.0733. The fourth-order valence-corrected chi connectivity index (χ4v) is 3.78. The number of ether oxygens (including phenoxy) is 2. The Morgan fingerprint density at radius 2 is 1.66 bits per heavy atom. The zero-order chi connectivity index (χ0) is 19.9. The lowest BCUT2D eigenvalue weighted by Crippen LogP contribution is -2.41. The summed E-state index contributed by atoms with van der Waals surface area (Å²) in [5, 5.41) is 3.76. The van der Waals surface area contributed by atoms with Crippen LogP contribution in [0.25, 0.3) is 0 Å². The molecule has 1 amide bonds. The molecule has 0 unspecified atom stereocenters. The van der Waals surface area contributed by atoms with Gasteiger partial charge < -0.3 is 24.6 Å². The molecule has 9 nitrogen and oxygen atoms in total. The highest BCUT2D eigenvalue weighted by Gasteiger charge is 2.20. The molecule has 2 aromatic rings. The van der Waals surface area contributed by atoms with Crippen LogP contribution >= 0.6 is 11.8 Å². The van der Waals surface area contributed by atoms with Gasteiger partial charge in [-0.3, -0.25) is 4.79 Å². The van der Waals surface area contributed by atoms with Gasteiger partial charge in [-0.2, -0.15) is 15.0 Å². The van der Waals surface area contributed by atoms with Crippen LogP contribution in [0.15, 0.2) is 35.5 Å². The summed E-state index contributed by atoms with van der Waals surface area (Å²) >= 11 is 1.33. The van der Waals surface area contributed by atoms with Gasteiger partial charge in [0.05, 0.1) is 32.2 Å². The van der Waals surface area contributed by atoms with Crippen LogP contribution in [0, 0.1) is 0 Å². The predicted octanol–water partition coefficient (Wildman–Crippen LogP) is 1.40. The second-order valence-corrected chi connectivity index (χ2v) is 7.56. The van der Waals surface area contributed by atoms with Crippen LogP contribution in [0.5, 0.6) is 0 Å². The third-order valence-corrected chi connectivity index (χ3v) is 5.45. The molecule has 154 valence electrons. The number of carbonyl (C=O) groups excluding carboxylic acids is 1. The van der Waals surface area contributed by atoms with Gasteiger partial charge >= 0.3 is 0 Å². The molecular formula is C19H24N6O3S. The molecule has 2 aliphatic heterocycles. The van der Waals surface area contributed by atoms with E-state index in [0.717, 1.165) is 18.8 Å². The number of hydrogen-bond acceptors (Lipinski definition) is 9. The molecule has 10 heteroatoms. The van der Waals surface area contributed by atoms with Crippen molar-refractivity contribution in [3.63, 3.8) is 0 Å². The third kappa shape index (κ3) is 5.55. The average molecular weight is 417 g/mol. The largest absolute Gasteiger partial charge is 0.378 e. The lowest BCUT2D eigenvalue weighted by molar-refractivity contribution is -0.132. The Morgan fingerprint density at radius 1 is 0.966 bits per heavy atom. The van der Waals surface area contributed by atoms with Crippen LogP contribution < -0.4 is 10.2 Å². The van der Waals surface area contributed by atoms with E-state index in [1.165, 1.54) is 11.8 Å². The Labute approximate surface area is 173 Å². The van der Waals surface area contributed by atoms with E-state index >= 15 is 0 Å². The number of rotatable bonds is 6. The number of para-hydroxylation sites is 1. The number of anilines is 3. The molecule has 0 bridgehead atoms. The maximum absolute atomic E-state index is 12.5. The molecular weight excluding hydrogens is 392 g/mol. The Kier molecular flexibility index (Phi) is 6.75. The van der Waals surface area contributed by atoms with E-state index in [1.54, 1.807) is 0 Å². The van der Waals surface area contributed by atoms with E-state index < -0.39 is 0 Å². The molecule has 4 rings (SSSR count). The van der Waals surface area contributed by atoms with Gasteiger partial charge in [0.2, 0.25) is 17.8 Å². The molecule has 29 heavy (non-hydrogen) atoms. The van der Waals surface area contributed by atoms with Crippen molar-refractivity contribution in [2.24, 2.45) is 0 Å². The first-order valence-corrected chi connectivity index (χ1v) is 10.7. The first kappa shape index (κ1) is 19.9. The molecule has 1 N–H and O–H groups in total. The van der Waals surface area contributed by atoms with E-state index in [4.69, 9.17) is 9.47 Å². The van der Waals surface area contributed by atoms with Crippen LogP contribution in [0.3, 0.4) is 0 Å². The molecule has 0 atom stereocenters. The summed E-state index contributed by atoms with van der Waals surface area (Å²) < 4.78 is 10.7. The number of morpholine rings is 2. The molecule has 1 aromatic carbocycles. The van der Waals surface area contributed by atoms with Crippen molar-refractivity contribution in [2.45, 2.75) is 5.16 Å². The summed E-state index contributed by atoms with van der Waals surface area (Å²) in [5.74, 6) is 1.43. The van der Waals surface area contributed by atoms with E-state index in [0.29, 0.717) is 56.6 Å². The zero-order valence-electron chi connectivity index (χ0n) is 16.1. The number of thioether (sulfide) groups is 1. The van der Waals surface area contributed by atoms with Gasteiger partial charge in [0.15, 0.2) is 5.16 Å². The second kappa shape index (κ2) is 9.86. The molecule has 2 fully saturated rings. The Balaban J connectivity index is 1.49. The van der Waals surface area contributed by atoms with Gasteiger partial charge in [0.1, 0.15) is 0 Å². The smallest absolute Gasteiger partial charge is 0.233 e. The summed E-state index contributed by atoms with van der Waals surface area (Å²) in [7, 11) is 0. The third-order valence-electron chi connectivity index (χ3n) is 4.62. The predicted molar refractivity (Wildman–Crippen MR) is 111 cm³/mol. The highest BCUT2D eigenvalue weighted by molar-refractivity contribution is 7.99. The number of nitrogens with zero attached hydrogens (tertiary/aromatic N) is 5. The van der Waals surface area contributed by atoms with Crippen molar-refractivity contribution in [1.82, 2.24) is 19.9 Å². The SMILES string of the molecule is O=C(CSc1nc(Nc2ccccc2)nc(N2CCOCC2)n1)N1CCOCC1. The summed E-state index contributed by atoms with van der Waals surface area (Å²) in [5.41, 5.74) is 0.895. The van der Waals surface area contributed by atoms with Gasteiger partial charge in [-0.15, -0.1) is 0 Å². The number of benzene rings is 1. The van der Waals surface area contributed by atoms with E-state index in [-0.39, 0.29) is 11.7 Å². The van der Waals surface area contributed by atoms with Gasteiger partial charge in [-0.05, 0) is 12.1 Å². The first-order valence-electron chi connectivity index (χ1n) is 9.67. The number of nitrogens with one attached hydrogen (secondary N) is 1. The normalized spacial score (nSPS) is 17.2. The van der Waals surface area contributed by atoms with Crippen LogP contribution in [0.2, 0.25) is 0 Å². The Bertz CT molecular complexity index is 813. The van der Waals surface area contributed by atoms with Gasteiger partial charge in [-0.25, -0.2) is 0 Å². The lowest BCUT2D eigenvalue weighted by Gasteiger charge is -2.27. The lowest BCUT2D eigenvalue weighted by atomic mass is 10.3. The van der Waals surface area contributed by atoms with Crippen LogP contribution in [0.1, 0.15) is 0 Å². The van der Waals surface area contributed by atoms with E-state index in [9.17, 15) is 4.79 Å². The summed E-state index contributed by atoms with van der Waals surface area (Å²) in [6, 6.07) is 9.75. The highest BCUT2D eigenvalue weighted by Crippen LogP contribution is 2.22. The number of hydrogen-bond donors (Lipinski definition) is 1. The minimum Gasteiger partial charge on any atom is -0.378 e. The molecule has 0 saturated carbocycles. The van der Waals surface area contributed by atoms with E-state index in [1.807, 2.05) is 35.2 Å². The molecule has 0 spiro atoms. The van der Waals surface area contributed by atoms with Crippen LogP contribution in [0.4, 0.5) is 17.6 Å². The minimum atomic E-state index is 0.0733. The maximum atomic E-state index is 12.5. The van der Waals surface area contributed by atoms with Gasteiger partial charge in [0.25, 0.3) is 0 Å². The quantitative estimate of drug-likeness (QED) is 0.702. The number of amides is 1. The maximum Gasteiger partial charge on any atom is 0.233 e. The van der Waals surface area contributed by atoms with Crippen molar-refractivity contribution in [3.8, 4) is 0 Å². The molecule has 2 saturated heterocycles. The number of carbonyl (C=O) groups is 1. The Hall–Kier alpha value is -2.43. The molecule has 1 aromatic heterocycles. The van der Waals surface area contributed by atoms with E-state index in [2.05, 4.69) is 25.2 Å². The molecule has 0 radical (unpaired) electrons. The van der Waals surface area contributed by atoms with Crippen LogP contribution in [-0.4, -0.2) is 84.1 Å². The fourth-order valence-electron chi connectivity index (χ4n) is 3.05. The van der Waals surface area contributed by atoms with Crippen molar-refractivity contribution in [1.29, 1.82) is 0 Å². The zero-order valence-corrected chi connectivity index (χ0v) is 16.9. The summed E-state index contributed by atoms with van der Waals surface area (Å²) in [4.78, 5) is 30.1. The summed E-state index contributed by atoms with van der Waals surface area (Å²) in [6.45, 7) is 5.20. The van der Waals surface area contributed by atoms with Crippen molar-refractivity contribution in [2.75, 3.05) is 68.6 Å². The van der Waals surface area contributed by atoms with Gasteiger partial charge in [-0.1, -0.05) is 30.0 Å². The highest BCUT2D eigenvalue weighted by atomic mass is 32.2. The monoisotopic (exact) mass is 416 g/mol. The molecule has 2 aliphatic rings. The molecule has 3 heterocycles. The van der Waals surface area contributed by atoms with Crippen LogP contribution in [-0.2, 0) is 14.3 Å². The Morgan fingerprint density at radius 3 is 2.38 bits per heavy atom. The van der Waals surface area contributed by atoms with Crippen molar-refractivity contribution in [3.05, 3.63) is 30.3 Å². The van der Waals surface area contributed by atoms with Crippen molar-refractivity contribution < 1.29 is 14.3 Å². The summed E-state index contributed by atoms with van der Waals surface area (Å²) in [6.07, 6.45) is 0. The van der Waals surface area contributed by atoms with Gasteiger partial charge in [0, 0.05) is 31.9 Å². The van der Waals surface area contributed by atoms with Crippen molar-refractivity contribution >= 4 is 35.3 Å². The fraction of sp³-hybridized carbons (Fsp3) is 0.474. The first-order chi connectivity index (χ1) is 14.3. The number of aromatic nitrogens is 3. The average Bonchev–Trinajstić information content (AvgIpc) is 2.79.